The highest BCUT2D eigenvalue weighted by molar-refractivity contribution is 5.98. The average molecular weight is 603 g/mol. The summed E-state index contributed by atoms with van der Waals surface area (Å²) in [5.74, 6) is 2.53. The molecule has 2 heterocycles. The molecule has 5 fully saturated rings. The number of hydrogen-bond donors (Lipinski definition) is 0. The zero-order chi connectivity index (χ0) is 31.3. The van der Waals surface area contributed by atoms with E-state index in [0.717, 1.165) is 48.3 Å². The number of aryl methyl sites for hydroxylation is 2. The summed E-state index contributed by atoms with van der Waals surface area (Å²) in [7, 11) is 0. The second-order valence-corrected chi connectivity index (χ2v) is 16.7. The van der Waals surface area contributed by atoms with Gasteiger partial charge in [-0.3, -0.25) is 14.4 Å². The molecule has 0 amide bonds. The van der Waals surface area contributed by atoms with Crippen LogP contribution in [0, 0.1) is 73.0 Å². The van der Waals surface area contributed by atoms with Gasteiger partial charge in [0, 0.05) is 24.7 Å². The van der Waals surface area contributed by atoms with Gasteiger partial charge in [0.2, 0.25) is 0 Å². The van der Waals surface area contributed by atoms with E-state index in [2.05, 4.69) is 59.7 Å². The number of carbonyl (C=O) groups is 3. The van der Waals surface area contributed by atoms with Crippen molar-refractivity contribution in [1.29, 1.82) is 0 Å². The first kappa shape index (κ1) is 32.1. The third kappa shape index (κ3) is 6.15. The molecule has 10 unspecified atom stereocenters. The van der Waals surface area contributed by atoms with Gasteiger partial charge in [0.05, 0.1) is 23.5 Å². The van der Waals surface area contributed by atoms with Crippen LogP contribution in [-0.2, 0) is 25.5 Å². The summed E-state index contributed by atoms with van der Waals surface area (Å²) in [5.41, 5.74) is 2.73. The summed E-state index contributed by atoms with van der Waals surface area (Å²) in [6, 6.07) is 6.35. The average Bonchev–Trinajstić information content (AvgIpc) is 3.52. The van der Waals surface area contributed by atoms with Gasteiger partial charge in [-0.15, -0.1) is 0 Å². The Hall–Kier alpha value is -1.81. The Kier molecular flexibility index (Phi) is 9.33. The lowest BCUT2D eigenvalue weighted by Gasteiger charge is -2.48. The van der Waals surface area contributed by atoms with Crippen molar-refractivity contribution < 1.29 is 19.1 Å². The van der Waals surface area contributed by atoms with Crippen LogP contribution in [0.1, 0.15) is 121 Å². The van der Waals surface area contributed by atoms with E-state index in [-0.39, 0.29) is 41.3 Å². The molecule has 0 aromatic heterocycles. The second kappa shape index (κ2) is 12.8. The summed E-state index contributed by atoms with van der Waals surface area (Å²) in [6.45, 7) is 13.4. The molecule has 4 nitrogen and oxygen atoms in total. The molecular formula is C40H58O4. The Morgan fingerprint density at radius 1 is 0.932 bits per heavy atom. The fourth-order valence-corrected chi connectivity index (χ4v) is 10.9. The highest BCUT2D eigenvalue weighted by Crippen LogP contribution is 2.60. The predicted octanol–water partition coefficient (Wildman–Crippen LogP) is 8.67. The molecule has 1 aromatic rings. The van der Waals surface area contributed by atoms with Crippen LogP contribution >= 0.6 is 0 Å². The molecule has 5 aliphatic rings. The molecule has 2 bridgehead atoms. The van der Waals surface area contributed by atoms with Crippen molar-refractivity contribution >= 4 is 17.3 Å². The number of ether oxygens (including phenoxy) is 1. The van der Waals surface area contributed by atoms with E-state index < -0.39 is 11.5 Å². The summed E-state index contributed by atoms with van der Waals surface area (Å²) in [4.78, 5) is 43.5. The van der Waals surface area contributed by atoms with Crippen molar-refractivity contribution in [3.8, 4) is 0 Å². The van der Waals surface area contributed by atoms with Crippen LogP contribution < -0.4 is 0 Å². The SMILES string of the molecule is Cc1cc(C)cc(CC(=O)C2C3CCC4(CC(C(=O)CC5CCCC(C)C5C)C(C(C)CC5CCC(C)CC5)C(=O)C24)O3)c1. The van der Waals surface area contributed by atoms with E-state index in [0.29, 0.717) is 48.7 Å². The lowest BCUT2D eigenvalue weighted by Crippen LogP contribution is -2.57. The Balaban J connectivity index is 1.27. The van der Waals surface area contributed by atoms with Gasteiger partial charge in [0.15, 0.2) is 0 Å². The Labute approximate surface area is 266 Å². The molecule has 44 heavy (non-hydrogen) atoms. The molecule has 3 aliphatic carbocycles. The lowest BCUT2D eigenvalue weighted by atomic mass is 9.54. The minimum Gasteiger partial charge on any atom is -0.370 e. The smallest absolute Gasteiger partial charge is 0.143 e. The van der Waals surface area contributed by atoms with Crippen molar-refractivity contribution in [2.75, 3.05) is 0 Å². The van der Waals surface area contributed by atoms with Crippen molar-refractivity contribution in [1.82, 2.24) is 0 Å². The van der Waals surface area contributed by atoms with E-state index in [1.54, 1.807) is 0 Å². The van der Waals surface area contributed by atoms with Crippen LogP contribution in [0.15, 0.2) is 18.2 Å². The van der Waals surface area contributed by atoms with Gasteiger partial charge in [0.25, 0.3) is 0 Å². The summed E-state index contributed by atoms with van der Waals surface area (Å²) in [6.07, 6.45) is 12.7. The highest BCUT2D eigenvalue weighted by Gasteiger charge is 2.68. The molecule has 242 valence electrons. The molecule has 2 saturated heterocycles. The summed E-state index contributed by atoms with van der Waals surface area (Å²) < 4.78 is 6.76. The second-order valence-electron chi connectivity index (χ2n) is 16.7. The monoisotopic (exact) mass is 602 g/mol. The third-order valence-electron chi connectivity index (χ3n) is 13.4. The maximum absolute atomic E-state index is 14.9. The van der Waals surface area contributed by atoms with Gasteiger partial charge < -0.3 is 4.74 Å². The normalized spacial score (nSPS) is 40.9. The van der Waals surface area contributed by atoms with Crippen LogP contribution in [0.2, 0.25) is 0 Å². The molecule has 4 heteroatoms. The number of rotatable bonds is 9. The van der Waals surface area contributed by atoms with Gasteiger partial charge in [-0.25, -0.2) is 0 Å². The molecule has 10 atom stereocenters. The van der Waals surface area contributed by atoms with Crippen LogP contribution in [0.4, 0.5) is 0 Å². The van der Waals surface area contributed by atoms with Gasteiger partial charge in [-0.1, -0.05) is 95.5 Å². The van der Waals surface area contributed by atoms with Crippen LogP contribution in [0.25, 0.3) is 0 Å². The molecule has 3 saturated carbocycles. The van der Waals surface area contributed by atoms with E-state index in [1.165, 1.54) is 38.5 Å². The minimum absolute atomic E-state index is 0.155. The zero-order valence-electron chi connectivity index (χ0n) is 28.4. The fourth-order valence-electron chi connectivity index (χ4n) is 10.9. The fraction of sp³-hybridized carbons (Fsp3) is 0.775. The lowest BCUT2D eigenvalue weighted by molar-refractivity contribution is -0.156. The predicted molar refractivity (Wildman–Crippen MR) is 175 cm³/mol. The first-order chi connectivity index (χ1) is 21.0. The molecule has 1 spiro atoms. The zero-order valence-corrected chi connectivity index (χ0v) is 28.4. The molecule has 0 radical (unpaired) electrons. The number of fused-ring (bicyclic) bond motifs is 1. The minimum atomic E-state index is -0.632. The summed E-state index contributed by atoms with van der Waals surface area (Å²) >= 11 is 0. The van der Waals surface area contributed by atoms with Gasteiger partial charge >= 0.3 is 0 Å². The van der Waals surface area contributed by atoms with E-state index >= 15 is 0 Å². The Morgan fingerprint density at radius 2 is 1.64 bits per heavy atom. The van der Waals surface area contributed by atoms with Crippen molar-refractivity contribution in [2.45, 2.75) is 137 Å². The number of hydrogen-bond acceptors (Lipinski definition) is 4. The van der Waals surface area contributed by atoms with Gasteiger partial charge in [0.1, 0.15) is 17.3 Å². The van der Waals surface area contributed by atoms with Gasteiger partial charge in [-0.05, 0) is 87.0 Å². The Bertz CT molecular complexity index is 1220. The van der Waals surface area contributed by atoms with E-state index in [9.17, 15) is 14.4 Å². The van der Waals surface area contributed by atoms with Crippen molar-refractivity contribution in [2.24, 2.45) is 59.2 Å². The van der Waals surface area contributed by atoms with Crippen molar-refractivity contribution in [3.05, 3.63) is 34.9 Å². The molecule has 1 aromatic carbocycles. The van der Waals surface area contributed by atoms with Crippen LogP contribution in [0.5, 0.6) is 0 Å². The van der Waals surface area contributed by atoms with E-state index in [1.807, 2.05) is 0 Å². The molecule has 6 rings (SSSR count). The van der Waals surface area contributed by atoms with Crippen LogP contribution in [0.3, 0.4) is 0 Å². The number of benzene rings is 1. The maximum atomic E-state index is 14.9. The van der Waals surface area contributed by atoms with Crippen molar-refractivity contribution in [3.63, 3.8) is 0 Å². The van der Waals surface area contributed by atoms with Gasteiger partial charge in [-0.2, -0.15) is 0 Å². The summed E-state index contributed by atoms with van der Waals surface area (Å²) in [5, 5.41) is 0. The number of carbonyl (C=O) groups excluding carboxylic acids is 3. The topological polar surface area (TPSA) is 60.4 Å². The maximum Gasteiger partial charge on any atom is 0.143 e. The molecule has 0 N–H and O–H groups in total. The Morgan fingerprint density at radius 3 is 2.34 bits per heavy atom. The molecule has 2 aliphatic heterocycles. The van der Waals surface area contributed by atoms with Crippen LogP contribution in [-0.4, -0.2) is 29.1 Å². The first-order valence-corrected chi connectivity index (χ1v) is 18.3. The standard InChI is InChI=1S/C40H58O4/c1-23-10-12-29(13-11-23)19-27(5)36-32(33(41)21-31-9-7-8-26(4)28(31)6)22-40-15-14-35(44-40)37(38(40)39(36)43)34(42)20-30-17-24(2)16-25(3)18-30/h16-18,23,26-29,31-32,35-38H,7-15,19-22H2,1-6H3. The number of ketones is 3. The number of Topliss-reactive ketones (excluding diaryl/α,β-unsaturated/α-hetero) is 3. The molecular weight excluding hydrogens is 544 g/mol. The first-order valence-electron chi connectivity index (χ1n) is 18.3. The highest BCUT2D eigenvalue weighted by atomic mass is 16.5. The largest absolute Gasteiger partial charge is 0.370 e. The quantitative estimate of drug-likeness (QED) is 0.284. The van der Waals surface area contributed by atoms with E-state index in [4.69, 9.17) is 4.74 Å². The third-order valence-corrected chi connectivity index (χ3v) is 13.4.